The Balaban J connectivity index is 1.89. The minimum absolute atomic E-state index is 0.0686. The SMILES string of the molecule is [NH3+]S(=O)(=O)c1cc(NC(=O)Cc2ccccc2Br)ccc1-n1cc(Cl)cn1. The van der Waals surface area contributed by atoms with Crippen molar-refractivity contribution in [3.63, 3.8) is 0 Å². The van der Waals surface area contributed by atoms with Crippen molar-refractivity contribution in [1.82, 2.24) is 9.78 Å². The molecule has 4 N–H and O–H groups in total. The molecule has 3 rings (SSSR count). The Morgan fingerprint density at radius 1 is 1.26 bits per heavy atom. The largest absolute Gasteiger partial charge is 0.326 e. The number of benzene rings is 2. The van der Waals surface area contributed by atoms with Crippen molar-refractivity contribution in [2.24, 2.45) is 0 Å². The van der Waals surface area contributed by atoms with Crippen LogP contribution in [0.5, 0.6) is 0 Å². The first-order valence-corrected chi connectivity index (χ1v) is 10.5. The zero-order valence-electron chi connectivity index (χ0n) is 13.9. The Morgan fingerprint density at radius 2 is 2.00 bits per heavy atom. The number of halogens is 2. The van der Waals surface area contributed by atoms with E-state index in [-0.39, 0.29) is 17.2 Å². The molecule has 0 spiro atoms. The van der Waals surface area contributed by atoms with E-state index >= 15 is 0 Å². The van der Waals surface area contributed by atoms with Gasteiger partial charge < -0.3 is 5.32 Å². The molecule has 0 fully saturated rings. The molecule has 3 aromatic rings. The summed E-state index contributed by atoms with van der Waals surface area (Å²) >= 11 is 9.25. The molecule has 2 aromatic carbocycles. The van der Waals surface area contributed by atoms with Gasteiger partial charge in [0.05, 0.1) is 23.3 Å². The maximum atomic E-state index is 12.3. The number of carbonyl (C=O) groups is 1. The third-order valence-corrected chi connectivity index (χ3v) is 5.65. The summed E-state index contributed by atoms with van der Waals surface area (Å²) < 4.78 is 26.4. The molecular weight excluding hydrogens is 456 g/mol. The van der Waals surface area contributed by atoms with Gasteiger partial charge in [0.1, 0.15) is 4.90 Å². The highest BCUT2D eigenvalue weighted by atomic mass is 79.9. The van der Waals surface area contributed by atoms with Crippen molar-refractivity contribution < 1.29 is 18.4 Å². The van der Waals surface area contributed by atoms with Crippen LogP contribution >= 0.6 is 27.5 Å². The molecule has 140 valence electrons. The molecular formula is C17H15BrClN4O3S+. The molecule has 0 aliphatic heterocycles. The highest BCUT2D eigenvalue weighted by Crippen LogP contribution is 2.24. The average Bonchev–Trinajstić information content (AvgIpc) is 3.02. The maximum absolute atomic E-state index is 12.3. The summed E-state index contributed by atoms with van der Waals surface area (Å²) in [5.74, 6) is -0.274. The quantitative estimate of drug-likeness (QED) is 0.597. The fourth-order valence-electron chi connectivity index (χ4n) is 2.48. The third-order valence-electron chi connectivity index (χ3n) is 3.69. The van der Waals surface area contributed by atoms with Crippen molar-refractivity contribution in [2.45, 2.75) is 11.3 Å². The van der Waals surface area contributed by atoms with Crippen molar-refractivity contribution in [1.29, 1.82) is 0 Å². The van der Waals surface area contributed by atoms with E-state index in [9.17, 15) is 13.2 Å². The van der Waals surface area contributed by atoms with E-state index in [1.54, 1.807) is 6.07 Å². The second-order valence-electron chi connectivity index (χ2n) is 5.72. The molecule has 1 amide bonds. The van der Waals surface area contributed by atoms with E-state index in [4.69, 9.17) is 11.6 Å². The lowest BCUT2D eigenvalue weighted by atomic mass is 10.1. The Labute approximate surface area is 169 Å². The number of nitrogens with zero attached hydrogens (tertiary/aromatic N) is 2. The van der Waals surface area contributed by atoms with Gasteiger partial charge in [-0.3, -0.25) is 4.79 Å². The summed E-state index contributed by atoms with van der Waals surface area (Å²) in [6.45, 7) is 0. The molecule has 1 heterocycles. The number of sulfonamides is 1. The van der Waals surface area contributed by atoms with Crippen molar-refractivity contribution in [2.75, 3.05) is 5.32 Å². The zero-order valence-corrected chi connectivity index (χ0v) is 17.1. The first-order valence-electron chi connectivity index (χ1n) is 7.70. The molecule has 1 aromatic heterocycles. The van der Waals surface area contributed by atoms with Crippen LogP contribution in [0.1, 0.15) is 5.56 Å². The molecule has 0 atom stereocenters. The van der Waals surface area contributed by atoms with Gasteiger partial charge in [0.15, 0.2) is 0 Å². The second-order valence-corrected chi connectivity index (χ2v) is 8.68. The topological polar surface area (TPSA) is 109 Å². The van der Waals surface area contributed by atoms with Gasteiger partial charge in [-0.2, -0.15) is 13.5 Å². The lowest BCUT2D eigenvalue weighted by Gasteiger charge is -2.11. The van der Waals surface area contributed by atoms with Gasteiger partial charge in [-0.15, -0.1) is 0 Å². The summed E-state index contributed by atoms with van der Waals surface area (Å²) in [6.07, 6.45) is 3.02. The zero-order chi connectivity index (χ0) is 19.6. The van der Waals surface area contributed by atoms with Crippen LogP contribution in [0.3, 0.4) is 0 Å². The molecule has 10 heteroatoms. The number of aromatic nitrogens is 2. The lowest BCUT2D eigenvalue weighted by Crippen LogP contribution is -2.56. The number of hydrogen-bond donors (Lipinski definition) is 2. The molecule has 0 saturated heterocycles. The maximum Gasteiger partial charge on any atom is 0.324 e. The standard InChI is InChI=1S/C17H14BrClN4O3S/c18-14-4-2-1-3-11(14)7-17(24)22-13-5-6-15(16(8-13)27(20,25)26)23-10-12(19)9-21-23/h1-6,8-10H,7H2,(H,22,24)(H2,20,25,26)/p+1. The van der Waals surface area contributed by atoms with Crippen LogP contribution in [0.4, 0.5) is 5.69 Å². The molecule has 0 bridgehead atoms. The monoisotopic (exact) mass is 469 g/mol. The number of quaternary nitrogens is 1. The van der Waals surface area contributed by atoms with Gasteiger partial charge in [-0.25, -0.2) is 9.82 Å². The van der Waals surface area contributed by atoms with Crippen molar-refractivity contribution >= 4 is 49.1 Å². The van der Waals surface area contributed by atoms with Crippen LogP contribution in [-0.2, 0) is 21.2 Å². The van der Waals surface area contributed by atoms with Crippen LogP contribution in [0.25, 0.3) is 5.69 Å². The van der Waals surface area contributed by atoms with Gasteiger partial charge >= 0.3 is 10.0 Å². The van der Waals surface area contributed by atoms with E-state index in [1.807, 2.05) is 24.3 Å². The summed E-state index contributed by atoms with van der Waals surface area (Å²) in [5, 5.41) is 10.3. The Bertz CT molecular complexity index is 1110. The Kier molecular flexibility index (Phi) is 5.66. The van der Waals surface area contributed by atoms with Crippen LogP contribution in [0, 0.1) is 0 Å². The van der Waals surface area contributed by atoms with Gasteiger partial charge in [0.2, 0.25) is 5.91 Å². The lowest BCUT2D eigenvalue weighted by molar-refractivity contribution is -0.164. The average molecular weight is 471 g/mol. The molecule has 0 aliphatic rings. The summed E-state index contributed by atoms with van der Waals surface area (Å²) in [5.41, 5.74) is 1.46. The summed E-state index contributed by atoms with van der Waals surface area (Å²) in [6, 6.07) is 11.9. The van der Waals surface area contributed by atoms with Crippen molar-refractivity contribution in [3.05, 3.63) is 69.9 Å². The molecule has 7 nitrogen and oxygen atoms in total. The number of amides is 1. The van der Waals surface area contributed by atoms with Crippen molar-refractivity contribution in [3.8, 4) is 5.69 Å². The van der Waals surface area contributed by atoms with Gasteiger partial charge in [-0.1, -0.05) is 45.7 Å². The minimum Gasteiger partial charge on any atom is -0.326 e. The normalized spacial score (nSPS) is 11.4. The molecule has 0 radical (unpaired) electrons. The van der Waals surface area contributed by atoms with E-state index in [0.717, 1.165) is 10.0 Å². The number of nitrogens with one attached hydrogen (secondary N) is 1. The van der Waals surface area contributed by atoms with Gasteiger partial charge in [0.25, 0.3) is 0 Å². The highest BCUT2D eigenvalue weighted by Gasteiger charge is 2.20. The number of hydrogen-bond acceptors (Lipinski definition) is 4. The fourth-order valence-corrected chi connectivity index (χ4v) is 3.83. The van der Waals surface area contributed by atoms with E-state index in [1.165, 1.54) is 29.2 Å². The smallest absolute Gasteiger partial charge is 0.324 e. The van der Waals surface area contributed by atoms with Gasteiger partial charge in [0, 0.05) is 16.4 Å². The second kappa shape index (κ2) is 7.81. The first-order chi connectivity index (χ1) is 12.7. The van der Waals surface area contributed by atoms with Crippen LogP contribution in [0.15, 0.2) is 64.2 Å². The Morgan fingerprint density at radius 3 is 2.63 bits per heavy atom. The van der Waals surface area contributed by atoms with Gasteiger partial charge in [-0.05, 0) is 29.8 Å². The van der Waals surface area contributed by atoms with E-state index in [0.29, 0.717) is 16.4 Å². The molecule has 0 aliphatic carbocycles. The van der Waals surface area contributed by atoms with Crippen LogP contribution in [-0.4, -0.2) is 24.1 Å². The third kappa shape index (κ3) is 4.75. The van der Waals surface area contributed by atoms with E-state index < -0.39 is 10.0 Å². The number of anilines is 1. The molecule has 0 saturated carbocycles. The predicted octanol–water partition coefficient (Wildman–Crippen LogP) is 2.40. The molecule has 0 unspecified atom stereocenters. The first kappa shape index (κ1) is 19.6. The molecule has 27 heavy (non-hydrogen) atoms. The minimum atomic E-state index is -3.81. The summed E-state index contributed by atoms with van der Waals surface area (Å²) in [7, 11) is -3.81. The van der Waals surface area contributed by atoms with Crippen LogP contribution in [0.2, 0.25) is 5.02 Å². The summed E-state index contributed by atoms with van der Waals surface area (Å²) in [4.78, 5) is 12.3. The van der Waals surface area contributed by atoms with E-state index in [2.05, 4.69) is 31.5 Å². The van der Waals surface area contributed by atoms with Crippen LogP contribution < -0.4 is 10.5 Å². The highest BCUT2D eigenvalue weighted by molar-refractivity contribution is 9.10. The fraction of sp³-hybridized carbons (Fsp3) is 0.0588. The number of rotatable bonds is 5. The predicted molar refractivity (Wildman–Crippen MR) is 105 cm³/mol. The Hall–Kier alpha value is -2.20. The number of carbonyl (C=O) groups excluding carboxylic acids is 1.